The lowest BCUT2D eigenvalue weighted by Crippen LogP contribution is -2.50. The number of anilines is 3. The average Bonchev–Trinajstić information content (AvgIpc) is 2.72. The molecule has 1 fully saturated rings. The van der Waals surface area contributed by atoms with Gasteiger partial charge in [-0.15, -0.1) is 0 Å². The molecule has 1 aliphatic rings. The first-order valence-corrected chi connectivity index (χ1v) is 10.4. The number of hydrogen-bond donors (Lipinski definition) is 1. The van der Waals surface area contributed by atoms with Gasteiger partial charge < -0.3 is 24.6 Å². The molecule has 0 saturated carbocycles. The number of hydrogen-bond acceptors (Lipinski definition) is 8. The van der Waals surface area contributed by atoms with E-state index in [1.54, 1.807) is 17.0 Å². The van der Waals surface area contributed by atoms with Crippen molar-refractivity contribution in [2.75, 3.05) is 43.5 Å². The standard InChI is InChI=1S/C20H24ClF3N6O3/c1-19(2,3)33-18(31)30-9-7-29(8-10-30)14-6-5-13(16(27-14)32-4)26-17-25-11-12(15(21)28-17)20(22,23)24/h5-6,11H,7-10H2,1-4H3,(H,25,26,28). The number of carbonyl (C=O) groups excluding carboxylic acids is 1. The molecule has 13 heteroatoms. The minimum Gasteiger partial charge on any atom is -0.479 e. The third-order valence-corrected chi connectivity index (χ3v) is 4.88. The molecule has 0 unspecified atom stereocenters. The lowest BCUT2D eigenvalue weighted by molar-refractivity contribution is -0.137. The first kappa shape index (κ1) is 24.6. The van der Waals surface area contributed by atoms with Crippen LogP contribution in [-0.2, 0) is 10.9 Å². The Bertz CT molecular complexity index is 1010. The lowest BCUT2D eigenvalue weighted by atomic mass is 10.2. The van der Waals surface area contributed by atoms with Crippen molar-refractivity contribution in [3.05, 3.63) is 29.0 Å². The van der Waals surface area contributed by atoms with Gasteiger partial charge >= 0.3 is 12.3 Å². The second kappa shape index (κ2) is 9.46. The van der Waals surface area contributed by atoms with Gasteiger partial charge in [-0.05, 0) is 32.9 Å². The van der Waals surface area contributed by atoms with Gasteiger partial charge in [0.2, 0.25) is 11.8 Å². The molecule has 0 radical (unpaired) electrons. The molecule has 3 rings (SSSR count). The van der Waals surface area contributed by atoms with Crippen molar-refractivity contribution in [2.24, 2.45) is 0 Å². The van der Waals surface area contributed by atoms with Crippen molar-refractivity contribution in [3.8, 4) is 5.88 Å². The van der Waals surface area contributed by atoms with E-state index in [0.29, 0.717) is 43.9 Å². The maximum absolute atomic E-state index is 12.8. The first-order valence-electron chi connectivity index (χ1n) is 10.0. The minimum absolute atomic E-state index is 0.133. The van der Waals surface area contributed by atoms with Crippen molar-refractivity contribution in [1.82, 2.24) is 19.9 Å². The van der Waals surface area contributed by atoms with Gasteiger partial charge in [-0.1, -0.05) is 11.6 Å². The predicted molar refractivity (Wildman–Crippen MR) is 116 cm³/mol. The molecule has 0 atom stereocenters. The van der Waals surface area contributed by atoms with E-state index < -0.39 is 22.5 Å². The van der Waals surface area contributed by atoms with Crippen LogP contribution in [0.1, 0.15) is 26.3 Å². The summed E-state index contributed by atoms with van der Waals surface area (Å²) in [4.78, 5) is 27.6. The van der Waals surface area contributed by atoms with Crippen LogP contribution >= 0.6 is 11.6 Å². The zero-order valence-corrected chi connectivity index (χ0v) is 19.3. The second-order valence-electron chi connectivity index (χ2n) is 8.20. The van der Waals surface area contributed by atoms with Crippen LogP contribution in [0.5, 0.6) is 5.88 Å². The molecule has 2 aromatic rings. The highest BCUT2D eigenvalue weighted by atomic mass is 35.5. The van der Waals surface area contributed by atoms with Crippen LogP contribution in [-0.4, -0.2) is 64.8 Å². The molecule has 1 N–H and O–H groups in total. The van der Waals surface area contributed by atoms with Crippen molar-refractivity contribution in [1.29, 1.82) is 0 Å². The Morgan fingerprint density at radius 1 is 1.12 bits per heavy atom. The van der Waals surface area contributed by atoms with E-state index in [9.17, 15) is 18.0 Å². The number of piperazine rings is 1. The fourth-order valence-corrected chi connectivity index (χ4v) is 3.27. The van der Waals surface area contributed by atoms with E-state index in [1.165, 1.54) is 7.11 Å². The smallest absolute Gasteiger partial charge is 0.420 e. The van der Waals surface area contributed by atoms with Gasteiger partial charge in [0.05, 0.1) is 7.11 Å². The van der Waals surface area contributed by atoms with Crippen LogP contribution in [0.15, 0.2) is 18.3 Å². The summed E-state index contributed by atoms with van der Waals surface area (Å²) < 4.78 is 49.2. The van der Waals surface area contributed by atoms with Crippen LogP contribution in [0, 0.1) is 0 Å². The van der Waals surface area contributed by atoms with Gasteiger partial charge in [-0.25, -0.2) is 14.8 Å². The number of aromatic nitrogens is 3. The van der Waals surface area contributed by atoms with E-state index in [4.69, 9.17) is 21.1 Å². The van der Waals surface area contributed by atoms with Gasteiger partial charge in [0, 0.05) is 32.4 Å². The summed E-state index contributed by atoms with van der Waals surface area (Å²) in [6.07, 6.45) is -4.40. The minimum atomic E-state index is -4.65. The summed E-state index contributed by atoms with van der Waals surface area (Å²) in [5.41, 5.74) is -1.34. The molecule has 180 valence electrons. The number of rotatable bonds is 4. The van der Waals surface area contributed by atoms with E-state index in [0.717, 1.165) is 0 Å². The molecule has 33 heavy (non-hydrogen) atoms. The quantitative estimate of drug-likeness (QED) is 0.635. The number of ether oxygens (including phenoxy) is 2. The van der Waals surface area contributed by atoms with Gasteiger partial charge in [0.1, 0.15) is 27.8 Å². The summed E-state index contributed by atoms with van der Waals surface area (Å²) in [6, 6.07) is 3.37. The zero-order chi connectivity index (χ0) is 24.4. The number of methoxy groups -OCH3 is 1. The Morgan fingerprint density at radius 2 is 1.79 bits per heavy atom. The normalized spacial score (nSPS) is 14.8. The summed E-state index contributed by atoms with van der Waals surface area (Å²) in [6.45, 7) is 7.47. The molecule has 1 saturated heterocycles. The Kier molecular flexibility index (Phi) is 7.06. The van der Waals surface area contributed by atoms with E-state index in [1.807, 2.05) is 25.7 Å². The molecule has 9 nitrogen and oxygen atoms in total. The fourth-order valence-electron chi connectivity index (χ4n) is 3.03. The van der Waals surface area contributed by atoms with E-state index in [2.05, 4.69) is 20.3 Å². The van der Waals surface area contributed by atoms with E-state index in [-0.39, 0.29) is 17.9 Å². The lowest BCUT2D eigenvalue weighted by Gasteiger charge is -2.36. The Hall–Kier alpha value is -3.02. The summed E-state index contributed by atoms with van der Waals surface area (Å²) in [5.74, 6) is 0.682. The van der Waals surface area contributed by atoms with Crippen molar-refractivity contribution < 1.29 is 27.4 Å². The molecule has 0 aliphatic carbocycles. The fraction of sp³-hybridized carbons (Fsp3) is 0.500. The molecule has 0 spiro atoms. The maximum atomic E-state index is 12.8. The average molecular weight is 489 g/mol. The molecule has 3 heterocycles. The highest BCUT2D eigenvalue weighted by Gasteiger charge is 2.34. The predicted octanol–water partition coefficient (Wildman–Crippen LogP) is 4.35. The van der Waals surface area contributed by atoms with E-state index >= 15 is 0 Å². The van der Waals surface area contributed by atoms with Crippen molar-refractivity contribution in [2.45, 2.75) is 32.5 Å². The molecule has 1 aliphatic heterocycles. The molecule has 0 aromatic carbocycles. The number of nitrogens with zero attached hydrogens (tertiary/aromatic N) is 5. The number of alkyl halides is 3. The molecule has 2 aromatic heterocycles. The molecular weight excluding hydrogens is 465 g/mol. The van der Waals surface area contributed by atoms with Gasteiger partial charge in [0.15, 0.2) is 0 Å². The van der Waals surface area contributed by atoms with Crippen LogP contribution in [0.3, 0.4) is 0 Å². The largest absolute Gasteiger partial charge is 0.479 e. The van der Waals surface area contributed by atoms with Gasteiger partial charge in [-0.2, -0.15) is 18.2 Å². The van der Waals surface area contributed by atoms with Crippen LogP contribution in [0.4, 0.5) is 35.4 Å². The highest BCUT2D eigenvalue weighted by Crippen LogP contribution is 2.34. The zero-order valence-electron chi connectivity index (χ0n) is 18.5. The van der Waals surface area contributed by atoms with Gasteiger partial charge in [0.25, 0.3) is 0 Å². The third-order valence-electron chi connectivity index (χ3n) is 4.59. The Balaban J connectivity index is 1.68. The topological polar surface area (TPSA) is 92.7 Å². The van der Waals surface area contributed by atoms with Crippen LogP contribution < -0.4 is 15.0 Å². The van der Waals surface area contributed by atoms with Crippen molar-refractivity contribution >= 4 is 35.1 Å². The maximum Gasteiger partial charge on any atom is 0.420 e. The van der Waals surface area contributed by atoms with Gasteiger partial charge in [-0.3, -0.25) is 0 Å². The Morgan fingerprint density at radius 3 is 2.33 bits per heavy atom. The second-order valence-corrected chi connectivity index (χ2v) is 8.56. The third kappa shape index (κ3) is 6.28. The number of halogens is 4. The summed E-state index contributed by atoms with van der Waals surface area (Å²) in [5, 5.41) is 2.05. The number of nitrogens with one attached hydrogen (secondary N) is 1. The SMILES string of the molecule is COc1nc(N2CCN(C(=O)OC(C)(C)C)CC2)ccc1Nc1ncc(C(F)(F)F)c(Cl)n1. The number of amides is 1. The summed E-state index contributed by atoms with van der Waals surface area (Å²) in [7, 11) is 1.42. The van der Waals surface area contributed by atoms with Crippen LogP contribution in [0.25, 0.3) is 0 Å². The molecular formula is C20H24ClF3N6O3. The molecule has 1 amide bonds. The summed E-state index contributed by atoms with van der Waals surface area (Å²) >= 11 is 5.65. The van der Waals surface area contributed by atoms with Crippen LogP contribution in [0.2, 0.25) is 5.15 Å². The number of pyridine rings is 1. The number of carbonyl (C=O) groups is 1. The molecule has 0 bridgehead atoms. The van der Waals surface area contributed by atoms with Crippen molar-refractivity contribution in [3.63, 3.8) is 0 Å². The first-order chi connectivity index (χ1) is 15.4. The Labute approximate surface area is 193 Å². The monoisotopic (exact) mass is 488 g/mol. The highest BCUT2D eigenvalue weighted by molar-refractivity contribution is 6.30.